The Labute approximate surface area is 177 Å². The minimum atomic E-state index is -1.15. The minimum absolute atomic E-state index is 0.00726. The molecule has 2 aromatic rings. The number of carbonyl (C=O) groups is 3. The van der Waals surface area contributed by atoms with E-state index in [0.717, 1.165) is 11.1 Å². The second-order valence-corrected chi connectivity index (χ2v) is 8.86. The Bertz CT molecular complexity index is 1000. The summed E-state index contributed by atoms with van der Waals surface area (Å²) in [6.45, 7) is 9.56. The Morgan fingerprint density at radius 1 is 1.10 bits per heavy atom. The molecule has 1 aliphatic heterocycles. The van der Waals surface area contributed by atoms with Crippen LogP contribution < -0.4 is 10.1 Å². The number of imide groups is 1. The van der Waals surface area contributed by atoms with E-state index < -0.39 is 11.6 Å². The van der Waals surface area contributed by atoms with E-state index in [-0.39, 0.29) is 23.7 Å². The number of hydrogen-bond acceptors (Lipinski definition) is 4. The normalized spacial score (nSPS) is 19.1. The topological polar surface area (TPSA) is 75.7 Å². The number of carbonyl (C=O) groups excluding carboxylic acids is 3. The first-order chi connectivity index (χ1) is 14.0. The summed E-state index contributed by atoms with van der Waals surface area (Å²) in [4.78, 5) is 38.9. The van der Waals surface area contributed by atoms with Crippen molar-refractivity contribution in [1.82, 2.24) is 10.2 Å². The Morgan fingerprint density at radius 3 is 2.27 bits per heavy atom. The highest BCUT2D eigenvalue weighted by atomic mass is 16.5. The third-order valence-corrected chi connectivity index (χ3v) is 5.62. The molecule has 1 fully saturated rings. The summed E-state index contributed by atoms with van der Waals surface area (Å²) < 4.78 is 5.36. The van der Waals surface area contributed by atoms with Gasteiger partial charge in [0.05, 0.1) is 13.7 Å². The molecule has 30 heavy (non-hydrogen) atoms. The molecule has 0 spiro atoms. The molecule has 0 aliphatic carbocycles. The van der Waals surface area contributed by atoms with Crippen molar-refractivity contribution in [2.75, 3.05) is 7.11 Å². The number of rotatable bonds is 5. The smallest absolute Gasteiger partial charge is 0.325 e. The molecular weight excluding hydrogens is 380 g/mol. The summed E-state index contributed by atoms with van der Waals surface area (Å²) in [5.41, 5.74) is 1.81. The summed E-state index contributed by atoms with van der Waals surface area (Å²) in [6, 6.07) is 12.3. The first-order valence-corrected chi connectivity index (χ1v) is 9.90. The number of benzene rings is 2. The van der Waals surface area contributed by atoms with Crippen molar-refractivity contribution in [1.29, 1.82) is 0 Å². The maximum atomic E-state index is 13.3. The number of ether oxygens (including phenoxy) is 1. The Hall–Kier alpha value is -3.15. The molecule has 2 aromatic carbocycles. The number of Topliss-reactive ketones (excluding diaryl/α,β-unsaturated/α-hetero) is 1. The molecule has 1 saturated heterocycles. The van der Waals surface area contributed by atoms with Gasteiger partial charge in [-0.1, -0.05) is 45.0 Å². The SMILES string of the molecule is COc1ccc(C(C)=O)cc1CN1C(=O)N[C@](C)(c2ccc(C(C)(C)C)cc2)C1=O. The van der Waals surface area contributed by atoms with E-state index >= 15 is 0 Å². The second kappa shape index (κ2) is 7.59. The monoisotopic (exact) mass is 408 g/mol. The highest BCUT2D eigenvalue weighted by Gasteiger charge is 2.49. The van der Waals surface area contributed by atoms with Gasteiger partial charge in [0.25, 0.3) is 5.91 Å². The molecule has 6 nitrogen and oxygen atoms in total. The highest BCUT2D eigenvalue weighted by molar-refractivity contribution is 6.07. The van der Waals surface area contributed by atoms with Crippen LogP contribution in [0.1, 0.15) is 61.7 Å². The van der Waals surface area contributed by atoms with E-state index in [1.807, 2.05) is 24.3 Å². The maximum absolute atomic E-state index is 13.3. The molecule has 0 bridgehead atoms. The van der Waals surface area contributed by atoms with Gasteiger partial charge in [0, 0.05) is 11.1 Å². The van der Waals surface area contributed by atoms with Crippen molar-refractivity contribution in [2.45, 2.75) is 52.1 Å². The van der Waals surface area contributed by atoms with Gasteiger partial charge in [-0.05, 0) is 48.6 Å². The third-order valence-electron chi connectivity index (χ3n) is 5.62. The van der Waals surface area contributed by atoms with Crippen LogP contribution in [0, 0.1) is 0 Å². The Morgan fingerprint density at radius 2 is 1.73 bits per heavy atom. The number of nitrogens with zero attached hydrogens (tertiary/aromatic N) is 1. The molecule has 158 valence electrons. The lowest BCUT2D eigenvalue weighted by atomic mass is 9.84. The van der Waals surface area contributed by atoms with Gasteiger partial charge in [-0.3, -0.25) is 14.5 Å². The van der Waals surface area contributed by atoms with Gasteiger partial charge >= 0.3 is 6.03 Å². The average Bonchev–Trinajstić information content (AvgIpc) is 2.91. The lowest BCUT2D eigenvalue weighted by Gasteiger charge is -2.25. The molecule has 0 aromatic heterocycles. The highest BCUT2D eigenvalue weighted by Crippen LogP contribution is 2.33. The zero-order valence-electron chi connectivity index (χ0n) is 18.3. The zero-order valence-corrected chi connectivity index (χ0v) is 18.3. The fraction of sp³-hybridized carbons (Fsp3) is 0.375. The van der Waals surface area contributed by atoms with Gasteiger partial charge in [-0.15, -0.1) is 0 Å². The molecule has 0 radical (unpaired) electrons. The van der Waals surface area contributed by atoms with Crippen molar-refractivity contribution in [3.63, 3.8) is 0 Å². The number of methoxy groups -OCH3 is 1. The fourth-order valence-corrected chi connectivity index (χ4v) is 3.63. The van der Waals surface area contributed by atoms with E-state index in [1.165, 1.54) is 18.9 Å². The Kier molecular flexibility index (Phi) is 5.46. The molecule has 1 atom stereocenters. The zero-order chi connectivity index (χ0) is 22.3. The molecule has 1 N–H and O–H groups in total. The summed E-state index contributed by atoms with van der Waals surface area (Å²) in [5.74, 6) is 0.0786. The van der Waals surface area contributed by atoms with Crippen LogP contribution in [-0.4, -0.2) is 29.7 Å². The Balaban J connectivity index is 1.91. The van der Waals surface area contributed by atoms with Crippen LogP contribution >= 0.6 is 0 Å². The van der Waals surface area contributed by atoms with E-state index in [4.69, 9.17) is 4.74 Å². The predicted molar refractivity (Wildman–Crippen MR) is 115 cm³/mol. The number of nitrogens with one attached hydrogen (secondary N) is 1. The van der Waals surface area contributed by atoms with Crippen LogP contribution in [0.25, 0.3) is 0 Å². The van der Waals surface area contributed by atoms with Crippen LogP contribution in [0.2, 0.25) is 0 Å². The van der Waals surface area contributed by atoms with Gasteiger partial charge in [0.2, 0.25) is 0 Å². The summed E-state index contributed by atoms with van der Waals surface area (Å²) in [5, 5.41) is 2.83. The molecule has 3 rings (SSSR count). The molecule has 1 heterocycles. The standard InChI is InChI=1S/C24H28N2O4/c1-15(27)16-7-12-20(30-6)17(13-16)14-26-21(28)24(5,25-22(26)29)19-10-8-18(9-11-19)23(2,3)4/h7-13H,14H2,1-6H3,(H,25,29)/t24-/m1/s1. The van der Waals surface area contributed by atoms with Crippen LogP contribution in [-0.2, 0) is 22.3 Å². The minimum Gasteiger partial charge on any atom is -0.496 e. The molecule has 6 heteroatoms. The maximum Gasteiger partial charge on any atom is 0.325 e. The van der Waals surface area contributed by atoms with E-state index in [0.29, 0.717) is 16.9 Å². The van der Waals surface area contributed by atoms with Crippen molar-refractivity contribution >= 4 is 17.7 Å². The van der Waals surface area contributed by atoms with Gasteiger partial charge in [0.15, 0.2) is 5.78 Å². The van der Waals surface area contributed by atoms with Crippen LogP contribution in [0.4, 0.5) is 4.79 Å². The fourth-order valence-electron chi connectivity index (χ4n) is 3.63. The third kappa shape index (κ3) is 3.82. The number of hydrogen-bond donors (Lipinski definition) is 1. The molecular formula is C24H28N2O4. The van der Waals surface area contributed by atoms with Crippen molar-refractivity contribution < 1.29 is 19.1 Å². The largest absolute Gasteiger partial charge is 0.496 e. The quantitative estimate of drug-likeness (QED) is 0.595. The lowest BCUT2D eigenvalue weighted by Crippen LogP contribution is -2.40. The lowest BCUT2D eigenvalue weighted by molar-refractivity contribution is -0.131. The molecule has 3 amide bonds. The molecule has 0 unspecified atom stereocenters. The predicted octanol–water partition coefficient (Wildman–Crippen LogP) is 4.16. The summed E-state index contributed by atoms with van der Waals surface area (Å²) in [7, 11) is 1.51. The van der Waals surface area contributed by atoms with E-state index in [9.17, 15) is 14.4 Å². The second-order valence-electron chi connectivity index (χ2n) is 8.86. The van der Waals surface area contributed by atoms with Crippen molar-refractivity contribution in [2.24, 2.45) is 0 Å². The van der Waals surface area contributed by atoms with Gasteiger partial charge in [-0.25, -0.2) is 4.79 Å². The summed E-state index contributed by atoms with van der Waals surface area (Å²) >= 11 is 0. The first kappa shape index (κ1) is 21.6. The van der Waals surface area contributed by atoms with Crippen LogP contribution in [0.3, 0.4) is 0 Å². The number of urea groups is 1. The number of amides is 3. The van der Waals surface area contributed by atoms with Gasteiger partial charge in [-0.2, -0.15) is 0 Å². The van der Waals surface area contributed by atoms with Crippen molar-refractivity contribution in [3.8, 4) is 5.75 Å². The summed E-state index contributed by atoms with van der Waals surface area (Å²) in [6.07, 6.45) is 0. The molecule has 0 saturated carbocycles. The van der Waals surface area contributed by atoms with E-state index in [2.05, 4.69) is 26.1 Å². The van der Waals surface area contributed by atoms with E-state index in [1.54, 1.807) is 25.1 Å². The van der Waals surface area contributed by atoms with Crippen molar-refractivity contribution in [3.05, 3.63) is 64.7 Å². The average molecular weight is 408 g/mol. The van der Waals surface area contributed by atoms with Crippen LogP contribution in [0.5, 0.6) is 5.75 Å². The van der Waals surface area contributed by atoms with Crippen LogP contribution in [0.15, 0.2) is 42.5 Å². The molecule has 1 aliphatic rings. The first-order valence-electron chi connectivity index (χ1n) is 9.90. The van der Waals surface area contributed by atoms with Gasteiger partial charge < -0.3 is 10.1 Å². The number of ketones is 1. The van der Waals surface area contributed by atoms with Gasteiger partial charge in [0.1, 0.15) is 11.3 Å².